The number of sulfonamides is 1. The molecule has 20 heavy (non-hydrogen) atoms. The first-order valence-electron chi connectivity index (χ1n) is 5.92. The zero-order chi connectivity index (χ0) is 14.9. The molecular formula is C13H15BrN2O2S2. The number of nitrogens with two attached hydrogens (primary N) is 1. The Morgan fingerprint density at radius 3 is 2.60 bits per heavy atom. The fourth-order valence-corrected chi connectivity index (χ4v) is 4.79. The summed E-state index contributed by atoms with van der Waals surface area (Å²) in [7, 11) is -3.59. The highest BCUT2D eigenvalue weighted by Gasteiger charge is 2.20. The van der Waals surface area contributed by atoms with Gasteiger partial charge in [0.1, 0.15) is 4.90 Å². The summed E-state index contributed by atoms with van der Waals surface area (Å²) in [5.74, 6) is 0. The number of anilines is 1. The van der Waals surface area contributed by atoms with E-state index in [1.807, 2.05) is 19.1 Å². The van der Waals surface area contributed by atoms with Gasteiger partial charge >= 0.3 is 0 Å². The zero-order valence-electron chi connectivity index (χ0n) is 11.1. The topological polar surface area (TPSA) is 72.2 Å². The molecule has 0 spiro atoms. The summed E-state index contributed by atoms with van der Waals surface area (Å²) in [4.78, 5) is 1.89. The molecule has 0 aliphatic carbocycles. The fraction of sp³-hybridized carbons (Fsp3) is 0.231. The quantitative estimate of drug-likeness (QED) is 0.861. The Hall–Kier alpha value is -0.890. The van der Waals surface area contributed by atoms with Gasteiger partial charge < -0.3 is 5.73 Å². The van der Waals surface area contributed by atoms with Crippen LogP contribution in [0.25, 0.3) is 0 Å². The van der Waals surface area contributed by atoms with E-state index in [2.05, 4.69) is 20.7 Å². The molecule has 4 nitrogen and oxygen atoms in total. The molecule has 0 bridgehead atoms. The molecule has 0 saturated carbocycles. The summed E-state index contributed by atoms with van der Waals surface area (Å²) >= 11 is 4.75. The van der Waals surface area contributed by atoms with Gasteiger partial charge in [0.05, 0.1) is 5.69 Å². The van der Waals surface area contributed by atoms with Crippen LogP contribution in [-0.2, 0) is 16.6 Å². The molecule has 2 aromatic rings. The van der Waals surface area contributed by atoms with Gasteiger partial charge in [0.25, 0.3) is 10.0 Å². The predicted octanol–water partition coefficient (Wildman–Crippen LogP) is 3.39. The number of hydrogen-bond acceptors (Lipinski definition) is 4. The maximum absolute atomic E-state index is 12.5. The van der Waals surface area contributed by atoms with Crippen molar-refractivity contribution in [3.63, 3.8) is 0 Å². The number of aryl methyl sites for hydroxylation is 2. The number of nitrogens with one attached hydrogen (secondary N) is 1. The van der Waals surface area contributed by atoms with Gasteiger partial charge in [-0.15, -0.1) is 11.3 Å². The molecule has 1 aromatic carbocycles. The minimum Gasteiger partial charge on any atom is -0.326 e. The van der Waals surface area contributed by atoms with E-state index in [-0.39, 0.29) is 0 Å². The molecule has 1 heterocycles. The first-order valence-corrected chi connectivity index (χ1v) is 9.01. The molecule has 0 atom stereocenters. The number of thiophene rings is 1. The molecular weight excluding hydrogens is 360 g/mol. The molecule has 0 radical (unpaired) electrons. The second kappa shape index (κ2) is 5.85. The van der Waals surface area contributed by atoms with E-state index in [0.29, 0.717) is 17.1 Å². The molecule has 108 valence electrons. The summed E-state index contributed by atoms with van der Waals surface area (Å²) in [6.45, 7) is 3.99. The van der Waals surface area contributed by atoms with Crippen LogP contribution in [0.4, 0.5) is 5.69 Å². The molecule has 0 fully saturated rings. The van der Waals surface area contributed by atoms with Crippen LogP contribution in [0, 0.1) is 13.8 Å². The smallest absolute Gasteiger partial charge is 0.263 e. The van der Waals surface area contributed by atoms with Gasteiger partial charge in [-0.2, -0.15) is 0 Å². The Morgan fingerprint density at radius 2 is 2.00 bits per heavy atom. The van der Waals surface area contributed by atoms with Crippen molar-refractivity contribution in [2.45, 2.75) is 25.3 Å². The van der Waals surface area contributed by atoms with Crippen molar-refractivity contribution in [3.05, 3.63) is 44.1 Å². The average Bonchev–Trinajstić information content (AvgIpc) is 2.76. The van der Waals surface area contributed by atoms with E-state index in [4.69, 9.17) is 5.73 Å². The van der Waals surface area contributed by atoms with Gasteiger partial charge in [0, 0.05) is 20.8 Å². The van der Waals surface area contributed by atoms with Gasteiger partial charge in [0.15, 0.2) is 0 Å². The van der Waals surface area contributed by atoms with Crippen molar-refractivity contribution in [3.8, 4) is 0 Å². The number of benzene rings is 1. The lowest BCUT2D eigenvalue weighted by atomic mass is 10.2. The molecule has 0 amide bonds. The minimum absolute atomic E-state index is 0.294. The Balaban J connectivity index is 2.40. The Morgan fingerprint density at radius 1 is 1.30 bits per heavy atom. The third-order valence-electron chi connectivity index (χ3n) is 2.86. The lowest BCUT2D eigenvalue weighted by Crippen LogP contribution is -2.14. The van der Waals surface area contributed by atoms with Crippen molar-refractivity contribution in [2.24, 2.45) is 5.73 Å². The summed E-state index contributed by atoms with van der Waals surface area (Å²) in [5.41, 5.74) is 6.99. The van der Waals surface area contributed by atoms with Crippen LogP contribution in [0.1, 0.15) is 15.3 Å². The average molecular weight is 375 g/mol. The lowest BCUT2D eigenvalue weighted by molar-refractivity contribution is 0.601. The van der Waals surface area contributed by atoms with Crippen LogP contribution >= 0.6 is 27.3 Å². The maximum atomic E-state index is 12.5. The molecule has 0 saturated heterocycles. The molecule has 1 aromatic heterocycles. The molecule has 0 aliphatic rings. The molecule has 2 rings (SSSR count). The number of hydrogen-bond donors (Lipinski definition) is 2. The largest absolute Gasteiger partial charge is 0.326 e. The number of rotatable bonds is 4. The van der Waals surface area contributed by atoms with E-state index in [1.54, 1.807) is 19.1 Å². The third kappa shape index (κ3) is 3.22. The summed E-state index contributed by atoms with van der Waals surface area (Å²) in [5, 5.41) is 0. The van der Waals surface area contributed by atoms with E-state index >= 15 is 0 Å². The predicted molar refractivity (Wildman–Crippen MR) is 86.6 cm³/mol. The zero-order valence-corrected chi connectivity index (χ0v) is 14.3. The van der Waals surface area contributed by atoms with E-state index < -0.39 is 10.0 Å². The summed E-state index contributed by atoms with van der Waals surface area (Å²) < 4.78 is 28.4. The molecule has 0 unspecified atom stereocenters. The van der Waals surface area contributed by atoms with Crippen molar-refractivity contribution >= 4 is 43.0 Å². The van der Waals surface area contributed by atoms with E-state index in [0.717, 1.165) is 19.8 Å². The third-order valence-corrected chi connectivity index (χ3v) is 6.04. The van der Waals surface area contributed by atoms with Crippen molar-refractivity contribution in [1.29, 1.82) is 0 Å². The van der Waals surface area contributed by atoms with Gasteiger partial charge in [-0.25, -0.2) is 8.42 Å². The molecule has 3 N–H and O–H groups in total. The van der Waals surface area contributed by atoms with Gasteiger partial charge in [-0.1, -0.05) is 22.0 Å². The minimum atomic E-state index is -3.59. The summed E-state index contributed by atoms with van der Waals surface area (Å²) in [6, 6.07) is 7.11. The van der Waals surface area contributed by atoms with Crippen LogP contribution in [0.5, 0.6) is 0 Å². The Bertz CT molecular complexity index is 739. The fourth-order valence-electron chi connectivity index (χ4n) is 1.80. The maximum Gasteiger partial charge on any atom is 0.263 e. The first kappa shape index (κ1) is 15.5. The van der Waals surface area contributed by atoms with Crippen molar-refractivity contribution in [2.75, 3.05) is 4.72 Å². The van der Waals surface area contributed by atoms with E-state index in [1.165, 1.54) is 11.3 Å². The van der Waals surface area contributed by atoms with Gasteiger partial charge in [0.2, 0.25) is 0 Å². The van der Waals surface area contributed by atoms with Crippen LogP contribution in [0.2, 0.25) is 0 Å². The Labute approximate surface area is 131 Å². The molecule has 0 aliphatic heterocycles. The van der Waals surface area contributed by atoms with Crippen molar-refractivity contribution < 1.29 is 8.42 Å². The highest BCUT2D eigenvalue weighted by molar-refractivity contribution is 9.10. The molecule has 7 heteroatoms. The first-order chi connectivity index (χ1) is 9.33. The highest BCUT2D eigenvalue weighted by atomic mass is 79.9. The second-order valence-corrected chi connectivity index (χ2v) is 8.31. The Kier molecular flexibility index (Phi) is 4.53. The second-order valence-electron chi connectivity index (χ2n) is 4.40. The van der Waals surface area contributed by atoms with Crippen LogP contribution in [-0.4, -0.2) is 8.42 Å². The van der Waals surface area contributed by atoms with Crippen LogP contribution in [0.15, 0.2) is 33.6 Å². The SMILES string of the molecule is Cc1ccc(Br)cc1NS(=O)(=O)c1cc(CN)sc1C. The standard InChI is InChI=1S/C13H15BrN2O2S2/c1-8-3-4-10(14)5-12(8)16-20(17,18)13-6-11(7-15)19-9(13)2/h3-6,16H,7,15H2,1-2H3. The lowest BCUT2D eigenvalue weighted by Gasteiger charge is -2.10. The normalized spacial score (nSPS) is 11.6. The monoisotopic (exact) mass is 374 g/mol. The van der Waals surface area contributed by atoms with Gasteiger partial charge in [-0.3, -0.25) is 4.72 Å². The number of halogens is 1. The van der Waals surface area contributed by atoms with E-state index in [9.17, 15) is 8.42 Å². The van der Waals surface area contributed by atoms with Crippen LogP contribution < -0.4 is 10.5 Å². The van der Waals surface area contributed by atoms with Crippen LogP contribution in [0.3, 0.4) is 0 Å². The van der Waals surface area contributed by atoms with Gasteiger partial charge in [-0.05, 0) is 37.6 Å². The van der Waals surface area contributed by atoms with Crippen molar-refractivity contribution in [1.82, 2.24) is 0 Å². The summed E-state index contributed by atoms with van der Waals surface area (Å²) in [6.07, 6.45) is 0. The highest BCUT2D eigenvalue weighted by Crippen LogP contribution is 2.29.